The highest BCUT2D eigenvalue weighted by molar-refractivity contribution is 7.94. The van der Waals surface area contributed by atoms with Gasteiger partial charge in [0.25, 0.3) is 15.9 Å². The van der Waals surface area contributed by atoms with Crippen LogP contribution in [-0.4, -0.2) is 38.2 Å². The fourth-order valence-corrected chi connectivity index (χ4v) is 5.86. The van der Waals surface area contributed by atoms with Gasteiger partial charge < -0.3 is 9.84 Å². The first kappa shape index (κ1) is 25.2. The number of carbonyl (C=O) groups excluding carboxylic acids is 1. The van der Waals surface area contributed by atoms with Crippen molar-refractivity contribution in [3.63, 3.8) is 0 Å². The summed E-state index contributed by atoms with van der Waals surface area (Å²) >= 11 is 6.74. The number of nitrogens with one attached hydrogen (secondary N) is 2. The van der Waals surface area contributed by atoms with Gasteiger partial charge in [0.1, 0.15) is 9.96 Å². The van der Waals surface area contributed by atoms with E-state index in [4.69, 9.17) is 21.4 Å². The number of sulfonamides is 1. The van der Waals surface area contributed by atoms with Crippen LogP contribution < -0.4 is 14.9 Å². The average molecular weight is 544 g/mol. The van der Waals surface area contributed by atoms with Gasteiger partial charge in [-0.2, -0.15) is 5.10 Å². The van der Waals surface area contributed by atoms with E-state index in [2.05, 4.69) is 15.2 Å². The second-order valence-corrected chi connectivity index (χ2v) is 10.9. The van der Waals surface area contributed by atoms with Gasteiger partial charge in [-0.25, -0.2) is 18.6 Å². The summed E-state index contributed by atoms with van der Waals surface area (Å²) in [6.07, 6.45) is 1.35. The molecule has 12 heteroatoms. The summed E-state index contributed by atoms with van der Waals surface area (Å²) in [4.78, 5) is 23.8. The standard InChI is InChI=1S/C24H18ClN3O6S2/c25-21-11-12-23(35-21)36(32,33)28-19-8-4-3-7-17(19)24(31)27-26-13-18-16-6-2-1-5-15(16)9-10-20(18)34-14-22(29)30/h1-13,28H,14H2,(H,27,31)(H,29,30). The molecule has 0 aliphatic heterocycles. The Balaban J connectivity index is 1.58. The number of halogens is 1. The van der Waals surface area contributed by atoms with Crippen LogP contribution in [0, 0.1) is 0 Å². The van der Waals surface area contributed by atoms with E-state index in [1.54, 1.807) is 24.3 Å². The quantitative estimate of drug-likeness (QED) is 0.209. The van der Waals surface area contributed by atoms with Crippen LogP contribution >= 0.6 is 22.9 Å². The number of carbonyl (C=O) groups is 2. The van der Waals surface area contributed by atoms with Gasteiger partial charge >= 0.3 is 5.97 Å². The third kappa shape index (κ3) is 5.82. The molecule has 0 bridgehead atoms. The first-order valence-electron chi connectivity index (χ1n) is 10.3. The molecule has 0 aliphatic rings. The van der Waals surface area contributed by atoms with Crippen molar-refractivity contribution in [1.82, 2.24) is 5.43 Å². The van der Waals surface area contributed by atoms with E-state index in [1.807, 2.05) is 24.3 Å². The molecule has 9 nitrogen and oxygen atoms in total. The molecule has 0 unspecified atom stereocenters. The van der Waals surface area contributed by atoms with Gasteiger partial charge in [0, 0.05) is 5.56 Å². The van der Waals surface area contributed by atoms with Crippen molar-refractivity contribution in [2.24, 2.45) is 5.10 Å². The SMILES string of the molecule is O=C(O)COc1ccc2ccccc2c1C=NNC(=O)c1ccccc1NS(=O)(=O)c1ccc(Cl)s1. The van der Waals surface area contributed by atoms with Crippen molar-refractivity contribution in [2.45, 2.75) is 4.21 Å². The highest BCUT2D eigenvalue weighted by Crippen LogP contribution is 2.29. The number of rotatable bonds is 9. The highest BCUT2D eigenvalue weighted by Gasteiger charge is 2.20. The molecule has 0 spiro atoms. The van der Waals surface area contributed by atoms with Crippen molar-refractivity contribution in [3.05, 3.63) is 88.3 Å². The topological polar surface area (TPSA) is 134 Å². The summed E-state index contributed by atoms with van der Waals surface area (Å²) in [5.41, 5.74) is 2.95. The number of thiophene rings is 1. The summed E-state index contributed by atoms with van der Waals surface area (Å²) in [5.74, 6) is -1.53. The molecule has 0 aliphatic carbocycles. The maximum absolute atomic E-state index is 12.9. The van der Waals surface area contributed by atoms with Crippen LogP contribution in [0.4, 0.5) is 5.69 Å². The molecular formula is C24H18ClN3O6S2. The number of benzene rings is 3. The lowest BCUT2D eigenvalue weighted by atomic mass is 10.0. The molecule has 0 radical (unpaired) electrons. The Bertz CT molecular complexity index is 1580. The van der Waals surface area contributed by atoms with Crippen LogP contribution in [0.2, 0.25) is 4.34 Å². The highest BCUT2D eigenvalue weighted by atomic mass is 35.5. The van der Waals surface area contributed by atoms with E-state index in [0.717, 1.165) is 22.1 Å². The lowest BCUT2D eigenvalue weighted by Crippen LogP contribution is -2.21. The summed E-state index contributed by atoms with van der Waals surface area (Å²) in [6.45, 7) is -0.547. The van der Waals surface area contributed by atoms with E-state index < -0.39 is 28.5 Å². The Morgan fingerprint density at radius 1 is 1.03 bits per heavy atom. The van der Waals surface area contributed by atoms with Crippen molar-refractivity contribution >= 4 is 67.5 Å². The van der Waals surface area contributed by atoms with Crippen LogP contribution in [0.25, 0.3) is 10.8 Å². The number of para-hydroxylation sites is 1. The van der Waals surface area contributed by atoms with Crippen LogP contribution in [0.15, 0.2) is 82.1 Å². The Kier molecular flexibility index (Phi) is 7.53. The molecule has 0 saturated carbocycles. The third-order valence-corrected chi connectivity index (χ3v) is 7.96. The summed E-state index contributed by atoms with van der Waals surface area (Å²) < 4.78 is 33.5. The Labute approximate surface area is 215 Å². The van der Waals surface area contributed by atoms with Gasteiger partial charge in [-0.1, -0.05) is 54.1 Å². The number of hydrogen-bond acceptors (Lipinski definition) is 7. The smallest absolute Gasteiger partial charge is 0.341 e. The number of fused-ring (bicyclic) bond motifs is 1. The number of carboxylic acids is 1. The zero-order valence-corrected chi connectivity index (χ0v) is 20.7. The number of amides is 1. The van der Waals surface area contributed by atoms with Crippen molar-refractivity contribution in [3.8, 4) is 5.75 Å². The second-order valence-electron chi connectivity index (χ2n) is 7.29. The molecule has 0 atom stereocenters. The Hall–Kier alpha value is -3.93. The molecule has 36 heavy (non-hydrogen) atoms. The van der Waals surface area contributed by atoms with Crippen LogP contribution in [0.5, 0.6) is 5.75 Å². The van der Waals surface area contributed by atoms with Gasteiger partial charge in [0.2, 0.25) is 0 Å². The lowest BCUT2D eigenvalue weighted by Gasteiger charge is -2.11. The fourth-order valence-electron chi connectivity index (χ4n) is 3.30. The molecule has 0 saturated heterocycles. The maximum Gasteiger partial charge on any atom is 0.341 e. The minimum atomic E-state index is -3.95. The Morgan fingerprint density at radius 3 is 2.53 bits per heavy atom. The zero-order valence-electron chi connectivity index (χ0n) is 18.3. The third-order valence-electron chi connectivity index (χ3n) is 4.87. The molecular weight excluding hydrogens is 526 g/mol. The second kappa shape index (κ2) is 10.8. The molecule has 1 heterocycles. The lowest BCUT2D eigenvalue weighted by molar-refractivity contribution is -0.139. The first-order valence-corrected chi connectivity index (χ1v) is 13.0. The number of carboxylic acid groups (broad SMARTS) is 1. The summed E-state index contributed by atoms with van der Waals surface area (Å²) in [5, 5.41) is 14.6. The minimum Gasteiger partial charge on any atom is -0.481 e. The molecule has 1 aromatic heterocycles. The van der Waals surface area contributed by atoms with Gasteiger partial charge in [0.15, 0.2) is 6.61 Å². The number of ether oxygens (including phenoxy) is 1. The van der Waals surface area contributed by atoms with E-state index in [-0.39, 0.29) is 21.2 Å². The number of nitrogens with zero attached hydrogens (tertiary/aromatic N) is 1. The summed E-state index contributed by atoms with van der Waals surface area (Å²) in [7, 11) is -3.95. The molecule has 4 aromatic rings. The number of hydrogen-bond donors (Lipinski definition) is 3. The number of aliphatic carboxylic acids is 1. The van der Waals surface area contributed by atoms with E-state index in [1.165, 1.54) is 30.5 Å². The minimum absolute atomic E-state index is 0.00516. The van der Waals surface area contributed by atoms with Crippen LogP contribution in [0.3, 0.4) is 0 Å². The van der Waals surface area contributed by atoms with E-state index >= 15 is 0 Å². The van der Waals surface area contributed by atoms with E-state index in [9.17, 15) is 18.0 Å². The van der Waals surface area contributed by atoms with Gasteiger partial charge in [-0.3, -0.25) is 9.52 Å². The predicted octanol–water partition coefficient (Wildman–Crippen LogP) is 4.58. The summed E-state index contributed by atoms with van der Waals surface area (Å²) in [6, 6.07) is 19.7. The fraction of sp³-hybridized carbons (Fsp3) is 0.0417. The predicted molar refractivity (Wildman–Crippen MR) is 139 cm³/mol. The molecule has 4 rings (SSSR count). The Morgan fingerprint density at radius 2 is 1.78 bits per heavy atom. The first-order chi connectivity index (χ1) is 17.2. The molecule has 0 fully saturated rings. The van der Waals surface area contributed by atoms with Crippen molar-refractivity contribution in [2.75, 3.05) is 11.3 Å². The number of anilines is 1. The molecule has 1 amide bonds. The monoisotopic (exact) mass is 543 g/mol. The largest absolute Gasteiger partial charge is 0.481 e. The van der Waals surface area contributed by atoms with Gasteiger partial charge in [0.05, 0.1) is 21.8 Å². The van der Waals surface area contributed by atoms with Crippen LogP contribution in [-0.2, 0) is 14.8 Å². The van der Waals surface area contributed by atoms with E-state index in [0.29, 0.717) is 9.90 Å². The molecule has 3 N–H and O–H groups in total. The maximum atomic E-state index is 12.9. The zero-order chi connectivity index (χ0) is 25.7. The van der Waals surface area contributed by atoms with Crippen molar-refractivity contribution < 1.29 is 27.9 Å². The molecule has 184 valence electrons. The molecule has 3 aromatic carbocycles. The average Bonchev–Trinajstić information content (AvgIpc) is 3.30. The van der Waals surface area contributed by atoms with Gasteiger partial charge in [-0.15, -0.1) is 11.3 Å². The number of hydrazone groups is 1. The van der Waals surface area contributed by atoms with Crippen molar-refractivity contribution in [1.29, 1.82) is 0 Å². The van der Waals surface area contributed by atoms with Crippen LogP contribution in [0.1, 0.15) is 15.9 Å². The normalized spacial score (nSPS) is 11.5. The van der Waals surface area contributed by atoms with Gasteiger partial charge in [-0.05, 0) is 41.1 Å².